The lowest BCUT2D eigenvalue weighted by Gasteiger charge is -2.18. The molecular weight excluding hydrogens is 222 g/mol. The van der Waals surface area contributed by atoms with Gasteiger partial charge in [-0.05, 0) is 18.6 Å². The van der Waals surface area contributed by atoms with E-state index in [-0.39, 0.29) is 12.1 Å². The van der Waals surface area contributed by atoms with Crippen LogP contribution in [0.4, 0.5) is 0 Å². The van der Waals surface area contributed by atoms with Crippen molar-refractivity contribution in [1.82, 2.24) is 10.3 Å². The molecule has 0 aliphatic carbocycles. The SMILES string of the molecule is C[C@H](N[C@H](C#N)c1cccnc1)c1ccccc1. The number of nitrogens with one attached hydrogen (secondary N) is 1. The van der Waals surface area contributed by atoms with E-state index in [9.17, 15) is 5.26 Å². The van der Waals surface area contributed by atoms with Crippen molar-refractivity contribution >= 4 is 0 Å². The number of pyridine rings is 1. The first-order valence-electron chi connectivity index (χ1n) is 5.92. The summed E-state index contributed by atoms with van der Waals surface area (Å²) in [5.41, 5.74) is 2.06. The van der Waals surface area contributed by atoms with E-state index in [1.54, 1.807) is 12.4 Å². The number of rotatable bonds is 4. The van der Waals surface area contributed by atoms with Gasteiger partial charge in [0.05, 0.1) is 6.07 Å². The molecule has 3 nitrogen and oxygen atoms in total. The average molecular weight is 237 g/mol. The van der Waals surface area contributed by atoms with Crippen molar-refractivity contribution in [3.8, 4) is 6.07 Å². The van der Waals surface area contributed by atoms with Crippen LogP contribution in [-0.2, 0) is 0 Å². The van der Waals surface area contributed by atoms with Gasteiger partial charge >= 0.3 is 0 Å². The molecular formula is C15H15N3. The highest BCUT2D eigenvalue weighted by Gasteiger charge is 2.14. The third kappa shape index (κ3) is 2.93. The van der Waals surface area contributed by atoms with E-state index >= 15 is 0 Å². The van der Waals surface area contributed by atoms with Gasteiger partial charge in [-0.25, -0.2) is 0 Å². The normalized spacial score (nSPS) is 13.6. The van der Waals surface area contributed by atoms with E-state index in [4.69, 9.17) is 0 Å². The Labute approximate surface area is 107 Å². The summed E-state index contributed by atoms with van der Waals surface area (Å²) in [5.74, 6) is 0. The van der Waals surface area contributed by atoms with E-state index in [0.29, 0.717) is 0 Å². The van der Waals surface area contributed by atoms with Crippen LogP contribution in [0.3, 0.4) is 0 Å². The Morgan fingerprint density at radius 1 is 1.11 bits per heavy atom. The van der Waals surface area contributed by atoms with E-state index in [0.717, 1.165) is 5.56 Å². The highest BCUT2D eigenvalue weighted by molar-refractivity contribution is 5.23. The number of hydrogen-bond donors (Lipinski definition) is 1. The molecule has 3 heteroatoms. The van der Waals surface area contributed by atoms with Crippen molar-refractivity contribution in [2.75, 3.05) is 0 Å². The van der Waals surface area contributed by atoms with Gasteiger partial charge in [-0.3, -0.25) is 10.3 Å². The van der Waals surface area contributed by atoms with Crippen molar-refractivity contribution < 1.29 is 0 Å². The summed E-state index contributed by atoms with van der Waals surface area (Å²) in [6.07, 6.45) is 3.43. The second kappa shape index (κ2) is 5.95. The zero-order valence-electron chi connectivity index (χ0n) is 10.2. The summed E-state index contributed by atoms with van der Waals surface area (Å²) in [5, 5.41) is 12.5. The molecule has 0 fully saturated rings. The van der Waals surface area contributed by atoms with Gasteiger partial charge in [0.15, 0.2) is 0 Å². The summed E-state index contributed by atoms with van der Waals surface area (Å²) < 4.78 is 0. The first-order valence-corrected chi connectivity index (χ1v) is 5.92. The Bertz CT molecular complexity index is 516. The molecule has 0 aliphatic rings. The summed E-state index contributed by atoms with van der Waals surface area (Å²) in [7, 11) is 0. The van der Waals surface area contributed by atoms with Crippen LogP contribution in [0.1, 0.15) is 30.1 Å². The van der Waals surface area contributed by atoms with Gasteiger partial charge in [0, 0.05) is 24.0 Å². The Balaban J connectivity index is 2.11. The lowest BCUT2D eigenvalue weighted by molar-refractivity contribution is 0.532. The lowest BCUT2D eigenvalue weighted by Crippen LogP contribution is -2.23. The molecule has 90 valence electrons. The quantitative estimate of drug-likeness (QED) is 0.889. The minimum atomic E-state index is -0.339. The third-order valence-corrected chi connectivity index (χ3v) is 2.86. The van der Waals surface area contributed by atoms with Gasteiger partial charge in [0.1, 0.15) is 6.04 Å². The van der Waals surface area contributed by atoms with Gasteiger partial charge in [-0.15, -0.1) is 0 Å². The van der Waals surface area contributed by atoms with Crippen molar-refractivity contribution in [3.63, 3.8) is 0 Å². The first-order chi connectivity index (χ1) is 8.81. The van der Waals surface area contributed by atoms with Crippen LogP contribution in [0.15, 0.2) is 54.9 Å². The van der Waals surface area contributed by atoms with Crippen LogP contribution in [-0.4, -0.2) is 4.98 Å². The molecule has 2 atom stereocenters. The lowest BCUT2D eigenvalue weighted by atomic mass is 10.1. The summed E-state index contributed by atoms with van der Waals surface area (Å²) >= 11 is 0. The van der Waals surface area contributed by atoms with Gasteiger partial charge in [0.2, 0.25) is 0 Å². The Hall–Kier alpha value is -2.18. The zero-order valence-corrected chi connectivity index (χ0v) is 10.2. The topological polar surface area (TPSA) is 48.7 Å². The molecule has 1 heterocycles. The largest absolute Gasteiger partial charge is 0.292 e. The van der Waals surface area contributed by atoms with E-state index in [1.807, 2.05) is 30.3 Å². The Morgan fingerprint density at radius 2 is 1.83 bits per heavy atom. The molecule has 0 spiro atoms. The molecule has 0 bridgehead atoms. The van der Waals surface area contributed by atoms with Crippen LogP contribution < -0.4 is 5.32 Å². The van der Waals surface area contributed by atoms with Crippen LogP contribution in [0, 0.1) is 11.3 Å². The van der Waals surface area contributed by atoms with Crippen LogP contribution in [0.25, 0.3) is 0 Å². The molecule has 0 amide bonds. The highest BCUT2D eigenvalue weighted by atomic mass is 14.9. The molecule has 1 aromatic heterocycles. The molecule has 1 N–H and O–H groups in total. The Kier molecular flexibility index (Phi) is 4.06. The number of nitriles is 1. The molecule has 2 aromatic rings. The van der Waals surface area contributed by atoms with E-state index < -0.39 is 0 Å². The second-order valence-corrected chi connectivity index (χ2v) is 4.15. The average Bonchev–Trinajstić information content (AvgIpc) is 2.46. The maximum Gasteiger partial charge on any atom is 0.123 e. The monoisotopic (exact) mass is 237 g/mol. The van der Waals surface area contributed by atoms with Gasteiger partial charge in [-0.2, -0.15) is 5.26 Å². The van der Waals surface area contributed by atoms with Gasteiger partial charge < -0.3 is 0 Å². The first kappa shape index (κ1) is 12.3. The van der Waals surface area contributed by atoms with Crippen LogP contribution >= 0.6 is 0 Å². The van der Waals surface area contributed by atoms with E-state index in [1.165, 1.54) is 5.56 Å². The third-order valence-electron chi connectivity index (χ3n) is 2.86. The van der Waals surface area contributed by atoms with Crippen LogP contribution in [0.5, 0.6) is 0 Å². The summed E-state index contributed by atoms with van der Waals surface area (Å²) in [4.78, 5) is 4.04. The molecule has 0 radical (unpaired) electrons. The Morgan fingerprint density at radius 3 is 2.44 bits per heavy atom. The minimum absolute atomic E-state index is 0.121. The number of aromatic nitrogens is 1. The molecule has 1 aromatic carbocycles. The molecule has 0 saturated heterocycles. The molecule has 0 aliphatic heterocycles. The molecule has 0 saturated carbocycles. The fourth-order valence-corrected chi connectivity index (χ4v) is 1.84. The van der Waals surface area contributed by atoms with Crippen molar-refractivity contribution in [2.45, 2.75) is 19.0 Å². The smallest absolute Gasteiger partial charge is 0.123 e. The fraction of sp³-hybridized carbons (Fsp3) is 0.200. The predicted molar refractivity (Wildman–Crippen MR) is 70.6 cm³/mol. The molecule has 0 unspecified atom stereocenters. The maximum atomic E-state index is 9.23. The zero-order chi connectivity index (χ0) is 12.8. The van der Waals surface area contributed by atoms with E-state index in [2.05, 4.69) is 35.4 Å². The fourth-order valence-electron chi connectivity index (χ4n) is 1.84. The second-order valence-electron chi connectivity index (χ2n) is 4.15. The number of benzene rings is 1. The highest BCUT2D eigenvalue weighted by Crippen LogP contribution is 2.18. The predicted octanol–water partition coefficient (Wildman–Crippen LogP) is 3.00. The molecule has 18 heavy (non-hydrogen) atoms. The maximum absolute atomic E-state index is 9.23. The van der Waals surface area contributed by atoms with Crippen molar-refractivity contribution in [2.24, 2.45) is 0 Å². The molecule has 2 rings (SSSR count). The van der Waals surface area contributed by atoms with Crippen molar-refractivity contribution in [1.29, 1.82) is 5.26 Å². The van der Waals surface area contributed by atoms with Gasteiger partial charge in [-0.1, -0.05) is 36.4 Å². The summed E-state index contributed by atoms with van der Waals surface area (Å²) in [6.45, 7) is 2.05. The summed E-state index contributed by atoms with van der Waals surface area (Å²) in [6, 6.07) is 15.9. The van der Waals surface area contributed by atoms with Crippen LogP contribution in [0.2, 0.25) is 0 Å². The standard InChI is InChI=1S/C15H15N3/c1-12(13-6-3-2-4-7-13)18-15(10-16)14-8-5-9-17-11-14/h2-9,11-12,15,18H,1H3/t12-,15+/m0/s1. The van der Waals surface area contributed by atoms with Crippen molar-refractivity contribution in [3.05, 3.63) is 66.0 Å². The minimum Gasteiger partial charge on any atom is -0.292 e. The van der Waals surface area contributed by atoms with Gasteiger partial charge in [0.25, 0.3) is 0 Å². The number of nitrogens with zero attached hydrogens (tertiary/aromatic N) is 2. The number of hydrogen-bond acceptors (Lipinski definition) is 3.